The molecular weight excluding hydrogens is 150 g/mol. The average molecular weight is 169 g/mol. The molecule has 1 aliphatic rings. The summed E-state index contributed by atoms with van der Waals surface area (Å²) in [4.78, 5) is 0. The summed E-state index contributed by atoms with van der Waals surface area (Å²) in [5.41, 5.74) is 0.514. The second-order valence-electron chi connectivity index (χ2n) is 4.86. The summed E-state index contributed by atoms with van der Waals surface area (Å²) in [5.74, 6) is 0. The van der Waals surface area contributed by atoms with Crippen molar-refractivity contribution in [2.75, 3.05) is 13.2 Å². The third-order valence-electron chi connectivity index (χ3n) is 2.03. The fourth-order valence-corrected chi connectivity index (χ4v) is 1.82. The van der Waals surface area contributed by atoms with E-state index in [1.807, 2.05) is 0 Å². The number of hydrogen-bond acceptors (Lipinski definition) is 2. The van der Waals surface area contributed by atoms with E-state index in [0.717, 1.165) is 19.6 Å². The normalized spacial score (nSPS) is 21.2. The van der Waals surface area contributed by atoms with Crippen LogP contribution in [0.3, 0.4) is 0 Å². The minimum Gasteiger partial charge on any atom is -0.381 e. The largest absolute Gasteiger partial charge is 0.381 e. The van der Waals surface area contributed by atoms with E-state index in [4.69, 9.17) is 4.74 Å². The van der Waals surface area contributed by atoms with E-state index in [1.165, 1.54) is 0 Å². The Bertz CT molecular complexity index is 165. The van der Waals surface area contributed by atoms with Gasteiger partial charge in [-0.05, 0) is 18.0 Å². The van der Waals surface area contributed by atoms with Crippen molar-refractivity contribution in [3.05, 3.63) is 12.8 Å². The van der Waals surface area contributed by atoms with Gasteiger partial charge in [-0.2, -0.15) is 0 Å². The molecule has 0 unspecified atom stereocenters. The summed E-state index contributed by atoms with van der Waals surface area (Å²) < 4.78 is 5.23. The van der Waals surface area contributed by atoms with Crippen LogP contribution in [0.4, 0.5) is 0 Å². The van der Waals surface area contributed by atoms with Crippen molar-refractivity contribution >= 4 is 0 Å². The molecule has 1 rings (SSSR count). The molecule has 1 saturated heterocycles. The smallest absolute Gasteiger partial charge is 0.0840 e. The Morgan fingerprint density at radius 2 is 2.08 bits per heavy atom. The minimum absolute atomic E-state index is 0.167. The molecule has 0 amide bonds. The van der Waals surface area contributed by atoms with Crippen LogP contribution in [0, 0.1) is 5.41 Å². The quantitative estimate of drug-likeness (QED) is 0.697. The highest BCUT2D eigenvalue weighted by molar-refractivity contribution is 4.99. The van der Waals surface area contributed by atoms with Crippen LogP contribution in [0.2, 0.25) is 0 Å². The van der Waals surface area contributed by atoms with Crippen molar-refractivity contribution in [3.8, 4) is 0 Å². The maximum Gasteiger partial charge on any atom is 0.0840 e. The highest BCUT2D eigenvalue weighted by Crippen LogP contribution is 2.32. The number of rotatable bonds is 3. The summed E-state index contributed by atoms with van der Waals surface area (Å²) in [7, 11) is 0. The van der Waals surface area contributed by atoms with E-state index in [1.54, 1.807) is 6.20 Å². The van der Waals surface area contributed by atoms with Crippen molar-refractivity contribution in [2.45, 2.75) is 32.7 Å². The predicted molar refractivity (Wildman–Crippen MR) is 51.0 cm³/mol. The molecule has 0 bridgehead atoms. The molecule has 0 atom stereocenters. The molecule has 2 nitrogen and oxygen atoms in total. The van der Waals surface area contributed by atoms with Crippen molar-refractivity contribution in [2.24, 2.45) is 5.41 Å². The second-order valence-corrected chi connectivity index (χ2v) is 4.86. The van der Waals surface area contributed by atoms with Gasteiger partial charge < -0.3 is 10.1 Å². The van der Waals surface area contributed by atoms with Crippen LogP contribution in [0.25, 0.3) is 0 Å². The van der Waals surface area contributed by atoms with E-state index in [-0.39, 0.29) is 5.54 Å². The molecule has 0 spiro atoms. The Morgan fingerprint density at radius 3 is 2.33 bits per heavy atom. The maximum atomic E-state index is 5.23. The van der Waals surface area contributed by atoms with Gasteiger partial charge >= 0.3 is 0 Å². The predicted octanol–water partition coefficient (Wildman–Crippen LogP) is 1.92. The van der Waals surface area contributed by atoms with Gasteiger partial charge in [-0.15, -0.1) is 0 Å². The van der Waals surface area contributed by atoms with Gasteiger partial charge in [0, 0.05) is 0 Å². The van der Waals surface area contributed by atoms with Crippen LogP contribution in [0.5, 0.6) is 0 Å². The Hall–Kier alpha value is -0.500. The lowest BCUT2D eigenvalue weighted by atomic mass is 9.78. The summed E-state index contributed by atoms with van der Waals surface area (Å²) >= 11 is 0. The first kappa shape index (κ1) is 9.59. The van der Waals surface area contributed by atoms with E-state index < -0.39 is 0 Å². The lowest BCUT2D eigenvalue weighted by Gasteiger charge is -2.45. The lowest BCUT2D eigenvalue weighted by molar-refractivity contribution is -0.0846. The fourth-order valence-electron chi connectivity index (χ4n) is 1.82. The molecule has 70 valence electrons. The van der Waals surface area contributed by atoms with Gasteiger partial charge in [0.15, 0.2) is 0 Å². The molecule has 1 N–H and O–H groups in total. The van der Waals surface area contributed by atoms with Crippen LogP contribution < -0.4 is 5.32 Å². The molecule has 1 heterocycles. The van der Waals surface area contributed by atoms with Gasteiger partial charge in [0.05, 0.1) is 18.8 Å². The van der Waals surface area contributed by atoms with E-state index in [9.17, 15) is 0 Å². The van der Waals surface area contributed by atoms with Crippen LogP contribution >= 0.6 is 0 Å². The zero-order valence-electron chi connectivity index (χ0n) is 8.31. The molecule has 0 radical (unpaired) electrons. The molecule has 0 aliphatic carbocycles. The van der Waals surface area contributed by atoms with Gasteiger partial charge in [0.1, 0.15) is 0 Å². The molecule has 2 heteroatoms. The summed E-state index contributed by atoms with van der Waals surface area (Å²) in [6, 6.07) is 0. The highest BCUT2D eigenvalue weighted by atomic mass is 16.5. The van der Waals surface area contributed by atoms with Gasteiger partial charge in [-0.25, -0.2) is 0 Å². The first-order valence-electron chi connectivity index (χ1n) is 4.44. The number of nitrogens with one attached hydrogen (secondary N) is 1. The molecule has 12 heavy (non-hydrogen) atoms. The highest BCUT2D eigenvalue weighted by Gasteiger charge is 2.40. The Kier molecular flexibility index (Phi) is 2.47. The van der Waals surface area contributed by atoms with E-state index in [2.05, 4.69) is 32.7 Å². The van der Waals surface area contributed by atoms with Gasteiger partial charge in [-0.1, -0.05) is 27.4 Å². The van der Waals surface area contributed by atoms with Gasteiger partial charge in [0.2, 0.25) is 0 Å². The first-order chi connectivity index (χ1) is 5.47. The number of ether oxygens (including phenoxy) is 1. The van der Waals surface area contributed by atoms with Crippen molar-refractivity contribution in [3.63, 3.8) is 0 Å². The minimum atomic E-state index is 0.167. The zero-order valence-corrected chi connectivity index (χ0v) is 8.31. The molecular formula is C10H19NO. The third-order valence-corrected chi connectivity index (χ3v) is 2.03. The van der Waals surface area contributed by atoms with Crippen LogP contribution in [0.15, 0.2) is 12.8 Å². The molecule has 0 aromatic rings. The van der Waals surface area contributed by atoms with Crippen LogP contribution in [0.1, 0.15) is 27.2 Å². The monoisotopic (exact) mass is 169 g/mol. The topological polar surface area (TPSA) is 21.3 Å². The van der Waals surface area contributed by atoms with Crippen molar-refractivity contribution in [1.29, 1.82) is 0 Å². The summed E-state index contributed by atoms with van der Waals surface area (Å²) in [6.45, 7) is 12.1. The van der Waals surface area contributed by atoms with Crippen molar-refractivity contribution < 1.29 is 4.74 Å². The van der Waals surface area contributed by atoms with E-state index >= 15 is 0 Å². The Balaban J connectivity index is 2.50. The third kappa shape index (κ3) is 2.24. The molecule has 1 fully saturated rings. The van der Waals surface area contributed by atoms with Crippen LogP contribution in [-0.4, -0.2) is 18.8 Å². The molecule has 0 aromatic heterocycles. The van der Waals surface area contributed by atoms with Crippen LogP contribution in [-0.2, 0) is 4.74 Å². The van der Waals surface area contributed by atoms with E-state index in [0.29, 0.717) is 5.41 Å². The Labute approximate surface area is 75.0 Å². The lowest BCUT2D eigenvalue weighted by Crippen LogP contribution is -2.60. The standard InChI is InChI=1S/C10H19NO/c1-5-11-10(7-12-8-10)6-9(2,3)4/h5,11H,1,6-8H2,2-4H3. The first-order valence-corrected chi connectivity index (χ1v) is 4.44. The van der Waals surface area contributed by atoms with Gasteiger partial charge in [0.25, 0.3) is 0 Å². The number of hydrogen-bond donors (Lipinski definition) is 1. The molecule has 1 aliphatic heterocycles. The molecule has 0 aromatic carbocycles. The average Bonchev–Trinajstić information content (AvgIpc) is 1.80. The SMILES string of the molecule is C=CNC1(CC(C)(C)C)COC1. The van der Waals surface area contributed by atoms with Crippen molar-refractivity contribution in [1.82, 2.24) is 5.32 Å². The zero-order chi connectivity index (χ0) is 9.24. The van der Waals surface area contributed by atoms with Gasteiger partial charge in [-0.3, -0.25) is 0 Å². The second kappa shape index (κ2) is 3.09. The molecule has 0 saturated carbocycles. The Morgan fingerprint density at radius 1 is 1.50 bits per heavy atom. The summed E-state index contributed by atoms with van der Waals surface area (Å²) in [5, 5.41) is 3.29. The fraction of sp³-hybridized carbons (Fsp3) is 0.800. The maximum absolute atomic E-state index is 5.23. The summed E-state index contributed by atoms with van der Waals surface area (Å²) in [6.07, 6.45) is 2.90.